The number of benzene rings is 1. The highest BCUT2D eigenvalue weighted by Crippen LogP contribution is 2.39. The van der Waals surface area contributed by atoms with Gasteiger partial charge in [0.1, 0.15) is 10.6 Å². The van der Waals surface area contributed by atoms with Crippen LogP contribution in [0.15, 0.2) is 18.2 Å². The largest absolute Gasteiger partial charge is 0.459 e. The number of ether oxygens (including phenoxy) is 1. The Morgan fingerprint density at radius 1 is 1.29 bits per heavy atom. The van der Waals surface area contributed by atoms with E-state index >= 15 is 0 Å². The minimum atomic E-state index is -0.689. The number of hydrogen-bond donors (Lipinski definition) is 1. The number of thiophene rings is 1. The van der Waals surface area contributed by atoms with Crippen LogP contribution in [0.2, 0.25) is 5.02 Å². The fourth-order valence-electron chi connectivity index (χ4n) is 3.16. The third kappa shape index (κ3) is 4.18. The van der Waals surface area contributed by atoms with Gasteiger partial charge >= 0.3 is 5.97 Å². The number of nitrogens with zero attached hydrogens (tertiary/aromatic N) is 1. The molecule has 1 amide bonds. The van der Waals surface area contributed by atoms with E-state index in [1.807, 2.05) is 0 Å². The molecule has 0 aliphatic heterocycles. The molecule has 1 aromatic carbocycles. The normalized spacial score (nSPS) is 13.1. The minimum absolute atomic E-state index is 0.160. The molecule has 1 N–H and O–H groups in total. The van der Waals surface area contributed by atoms with Crippen molar-refractivity contribution in [3.05, 3.63) is 54.9 Å². The Bertz CT molecular complexity index is 954. The summed E-state index contributed by atoms with van der Waals surface area (Å²) in [4.78, 5) is 37.1. The van der Waals surface area contributed by atoms with Crippen LogP contribution in [-0.2, 0) is 17.6 Å². The summed E-state index contributed by atoms with van der Waals surface area (Å²) in [5, 5.41) is 14.5. The van der Waals surface area contributed by atoms with Gasteiger partial charge in [-0.3, -0.25) is 14.9 Å². The molecular formula is C19H19ClN2O5S. The number of nitro benzene ring substituents is 1. The van der Waals surface area contributed by atoms with E-state index in [1.165, 1.54) is 29.5 Å². The van der Waals surface area contributed by atoms with Crippen molar-refractivity contribution in [1.82, 2.24) is 0 Å². The van der Waals surface area contributed by atoms with Gasteiger partial charge in [0.05, 0.1) is 16.6 Å². The lowest BCUT2D eigenvalue weighted by atomic mass is 9.95. The second-order valence-electron chi connectivity index (χ2n) is 6.74. The van der Waals surface area contributed by atoms with Gasteiger partial charge < -0.3 is 10.1 Å². The molecule has 0 fully saturated rings. The molecule has 7 nitrogen and oxygen atoms in total. The molecule has 148 valence electrons. The maximum Gasteiger partial charge on any atom is 0.341 e. The van der Waals surface area contributed by atoms with Crippen molar-refractivity contribution >= 4 is 45.5 Å². The summed E-state index contributed by atoms with van der Waals surface area (Å²) < 4.78 is 5.36. The van der Waals surface area contributed by atoms with E-state index in [1.54, 1.807) is 13.8 Å². The molecule has 1 heterocycles. The first-order valence-electron chi connectivity index (χ1n) is 8.88. The number of aryl methyl sites for hydroxylation is 1. The van der Waals surface area contributed by atoms with E-state index < -0.39 is 16.8 Å². The summed E-state index contributed by atoms with van der Waals surface area (Å²) in [6.45, 7) is 3.51. The Kier molecular flexibility index (Phi) is 6.00. The van der Waals surface area contributed by atoms with Crippen molar-refractivity contribution in [2.45, 2.75) is 45.6 Å². The highest BCUT2D eigenvalue weighted by atomic mass is 35.5. The van der Waals surface area contributed by atoms with E-state index in [0.717, 1.165) is 36.1 Å². The SMILES string of the molecule is CC(C)OC(=O)c1c(NC(=O)c2cc(Cl)ccc2[N+](=O)[O-])sc2c1CCCC2. The maximum absolute atomic E-state index is 12.8. The number of amides is 1. The zero-order valence-corrected chi connectivity index (χ0v) is 17.0. The van der Waals surface area contributed by atoms with Crippen LogP contribution in [0.5, 0.6) is 0 Å². The average Bonchev–Trinajstić information content (AvgIpc) is 2.98. The van der Waals surface area contributed by atoms with E-state index in [-0.39, 0.29) is 22.4 Å². The van der Waals surface area contributed by atoms with Gasteiger partial charge in [-0.05, 0) is 57.2 Å². The van der Waals surface area contributed by atoms with Crippen LogP contribution in [0.4, 0.5) is 10.7 Å². The molecule has 0 saturated heterocycles. The lowest BCUT2D eigenvalue weighted by Gasteiger charge is -2.14. The summed E-state index contributed by atoms with van der Waals surface area (Å²) in [5.41, 5.74) is 0.741. The van der Waals surface area contributed by atoms with Crippen molar-refractivity contribution in [3.63, 3.8) is 0 Å². The lowest BCUT2D eigenvalue weighted by molar-refractivity contribution is -0.385. The molecule has 0 radical (unpaired) electrons. The van der Waals surface area contributed by atoms with Gasteiger partial charge in [0.15, 0.2) is 0 Å². The van der Waals surface area contributed by atoms with Gasteiger partial charge in [0.25, 0.3) is 11.6 Å². The highest BCUT2D eigenvalue weighted by molar-refractivity contribution is 7.17. The number of nitrogens with one attached hydrogen (secondary N) is 1. The summed E-state index contributed by atoms with van der Waals surface area (Å²) in [6.07, 6.45) is 3.23. The third-order valence-electron chi connectivity index (χ3n) is 4.35. The second-order valence-corrected chi connectivity index (χ2v) is 8.28. The molecular weight excluding hydrogens is 404 g/mol. The summed E-state index contributed by atoms with van der Waals surface area (Å²) in [7, 11) is 0. The number of esters is 1. The summed E-state index contributed by atoms with van der Waals surface area (Å²) >= 11 is 7.24. The number of halogens is 1. The van der Waals surface area contributed by atoms with Gasteiger partial charge in [-0.2, -0.15) is 0 Å². The number of fused-ring (bicyclic) bond motifs is 1. The smallest absolute Gasteiger partial charge is 0.341 e. The van der Waals surface area contributed by atoms with E-state index in [4.69, 9.17) is 16.3 Å². The number of carbonyl (C=O) groups excluding carboxylic acids is 2. The Morgan fingerprint density at radius 3 is 2.68 bits per heavy atom. The van der Waals surface area contributed by atoms with Crippen LogP contribution in [0.1, 0.15) is 57.8 Å². The first-order chi connectivity index (χ1) is 13.3. The first-order valence-corrected chi connectivity index (χ1v) is 10.1. The van der Waals surface area contributed by atoms with Crippen molar-refractivity contribution in [3.8, 4) is 0 Å². The van der Waals surface area contributed by atoms with Crippen LogP contribution >= 0.6 is 22.9 Å². The molecule has 0 saturated carbocycles. The maximum atomic E-state index is 12.8. The van der Waals surface area contributed by atoms with Gasteiger partial charge in [-0.15, -0.1) is 11.3 Å². The Balaban J connectivity index is 2.00. The third-order valence-corrected chi connectivity index (χ3v) is 5.79. The van der Waals surface area contributed by atoms with Crippen LogP contribution < -0.4 is 5.32 Å². The number of carbonyl (C=O) groups is 2. The average molecular weight is 423 g/mol. The molecule has 28 heavy (non-hydrogen) atoms. The molecule has 0 atom stereocenters. The van der Waals surface area contributed by atoms with E-state index in [0.29, 0.717) is 10.6 Å². The molecule has 0 spiro atoms. The second kappa shape index (κ2) is 8.28. The topological polar surface area (TPSA) is 98.5 Å². The monoisotopic (exact) mass is 422 g/mol. The molecule has 0 bridgehead atoms. The van der Waals surface area contributed by atoms with Gasteiger partial charge in [0, 0.05) is 16.0 Å². The molecule has 1 aromatic heterocycles. The predicted octanol–water partition coefficient (Wildman–Crippen LogP) is 5.01. The van der Waals surface area contributed by atoms with Gasteiger partial charge in [-0.1, -0.05) is 11.6 Å². The number of anilines is 1. The number of nitro groups is 1. The fourth-order valence-corrected chi connectivity index (χ4v) is 4.61. The van der Waals surface area contributed by atoms with Crippen LogP contribution in [0, 0.1) is 10.1 Å². The number of rotatable bonds is 5. The van der Waals surface area contributed by atoms with Crippen LogP contribution in [-0.4, -0.2) is 22.9 Å². The van der Waals surface area contributed by atoms with Crippen molar-refractivity contribution in [2.75, 3.05) is 5.32 Å². The zero-order valence-electron chi connectivity index (χ0n) is 15.4. The van der Waals surface area contributed by atoms with Crippen molar-refractivity contribution < 1.29 is 19.2 Å². The molecule has 9 heteroatoms. The zero-order chi connectivity index (χ0) is 20.4. The summed E-state index contributed by atoms with van der Waals surface area (Å²) in [5.74, 6) is -1.18. The molecule has 3 rings (SSSR count). The summed E-state index contributed by atoms with van der Waals surface area (Å²) in [6, 6.07) is 3.78. The van der Waals surface area contributed by atoms with E-state index in [2.05, 4.69) is 5.32 Å². The molecule has 1 aliphatic rings. The van der Waals surface area contributed by atoms with Crippen molar-refractivity contribution in [2.24, 2.45) is 0 Å². The fraction of sp³-hybridized carbons (Fsp3) is 0.368. The predicted molar refractivity (Wildman–Crippen MR) is 108 cm³/mol. The molecule has 1 aliphatic carbocycles. The number of hydrogen-bond acceptors (Lipinski definition) is 6. The minimum Gasteiger partial charge on any atom is -0.459 e. The van der Waals surface area contributed by atoms with E-state index in [9.17, 15) is 19.7 Å². The van der Waals surface area contributed by atoms with Crippen LogP contribution in [0.25, 0.3) is 0 Å². The van der Waals surface area contributed by atoms with Gasteiger partial charge in [0.2, 0.25) is 0 Å². The molecule has 0 unspecified atom stereocenters. The van der Waals surface area contributed by atoms with Crippen LogP contribution in [0.3, 0.4) is 0 Å². The molecule has 2 aromatic rings. The van der Waals surface area contributed by atoms with Crippen molar-refractivity contribution in [1.29, 1.82) is 0 Å². The highest BCUT2D eigenvalue weighted by Gasteiger charge is 2.29. The first kappa shape index (κ1) is 20.3. The Hall–Kier alpha value is -2.45. The lowest BCUT2D eigenvalue weighted by Crippen LogP contribution is -2.18. The Labute approximate surface area is 170 Å². The Morgan fingerprint density at radius 2 is 2.00 bits per heavy atom. The quantitative estimate of drug-likeness (QED) is 0.415. The van der Waals surface area contributed by atoms with Gasteiger partial charge in [-0.25, -0.2) is 4.79 Å². The standard InChI is InChI=1S/C19H19ClN2O5S/c1-10(2)27-19(24)16-12-5-3-4-6-15(12)28-18(16)21-17(23)13-9-11(20)7-8-14(13)22(25)26/h7-10H,3-6H2,1-2H3,(H,21,23).